The summed E-state index contributed by atoms with van der Waals surface area (Å²) in [7, 11) is 0. The predicted octanol–water partition coefficient (Wildman–Crippen LogP) is 4.23. The lowest BCUT2D eigenvalue weighted by Crippen LogP contribution is -2.50. The van der Waals surface area contributed by atoms with E-state index in [2.05, 4.69) is 69.1 Å². The van der Waals surface area contributed by atoms with E-state index in [0.717, 1.165) is 32.4 Å². The summed E-state index contributed by atoms with van der Waals surface area (Å²) in [6.45, 7) is 12.9. The quantitative estimate of drug-likeness (QED) is 0.901. The molecular formula is C20H32N2O. The van der Waals surface area contributed by atoms with Crippen molar-refractivity contribution in [2.75, 3.05) is 18.0 Å². The molecule has 23 heavy (non-hydrogen) atoms. The number of nitrogens with zero attached hydrogens (tertiary/aromatic N) is 1. The minimum Gasteiger partial charge on any atom is -0.371 e. The number of hydrogen-bond donors (Lipinski definition) is 1. The van der Waals surface area contributed by atoms with Crippen LogP contribution in [0.15, 0.2) is 30.3 Å². The summed E-state index contributed by atoms with van der Waals surface area (Å²) in [6.07, 6.45) is 2.85. The van der Waals surface area contributed by atoms with E-state index in [0.29, 0.717) is 0 Å². The van der Waals surface area contributed by atoms with Crippen molar-refractivity contribution in [3.63, 3.8) is 0 Å². The molecule has 0 unspecified atom stereocenters. The van der Waals surface area contributed by atoms with Gasteiger partial charge >= 0.3 is 0 Å². The van der Waals surface area contributed by atoms with Crippen molar-refractivity contribution in [3.05, 3.63) is 30.3 Å². The Morgan fingerprint density at radius 1 is 1.09 bits per heavy atom. The number of anilines is 1. The van der Waals surface area contributed by atoms with Crippen LogP contribution in [0.25, 0.3) is 0 Å². The van der Waals surface area contributed by atoms with Crippen molar-refractivity contribution >= 4 is 11.6 Å². The Labute approximate surface area is 141 Å². The van der Waals surface area contributed by atoms with Crippen molar-refractivity contribution in [3.8, 4) is 0 Å². The third-order valence-corrected chi connectivity index (χ3v) is 4.42. The largest absolute Gasteiger partial charge is 0.371 e. The van der Waals surface area contributed by atoms with E-state index >= 15 is 0 Å². The van der Waals surface area contributed by atoms with Crippen LogP contribution in [0, 0.1) is 11.3 Å². The van der Waals surface area contributed by atoms with Gasteiger partial charge in [-0.2, -0.15) is 0 Å². The lowest BCUT2D eigenvalue weighted by Gasteiger charge is -2.37. The molecule has 1 amide bonds. The predicted molar refractivity (Wildman–Crippen MR) is 97.7 cm³/mol. The Bertz CT molecular complexity index is 508. The van der Waals surface area contributed by atoms with Crippen molar-refractivity contribution in [1.29, 1.82) is 0 Å². The Morgan fingerprint density at radius 2 is 1.65 bits per heavy atom. The maximum Gasteiger partial charge on any atom is 0.223 e. The Hall–Kier alpha value is -1.51. The van der Waals surface area contributed by atoms with Crippen LogP contribution in [0.1, 0.15) is 53.9 Å². The molecule has 128 valence electrons. The number of rotatable bonds is 4. The van der Waals surface area contributed by atoms with Crippen LogP contribution in [0.2, 0.25) is 0 Å². The fourth-order valence-electron chi connectivity index (χ4n) is 3.84. The van der Waals surface area contributed by atoms with Gasteiger partial charge in [-0.15, -0.1) is 0 Å². The van der Waals surface area contributed by atoms with E-state index in [1.54, 1.807) is 0 Å². The molecule has 1 aliphatic rings. The minimum atomic E-state index is -0.147. The Balaban J connectivity index is 1.86. The highest BCUT2D eigenvalue weighted by Crippen LogP contribution is 2.28. The summed E-state index contributed by atoms with van der Waals surface area (Å²) in [5.74, 6) is 0.376. The first kappa shape index (κ1) is 17.8. The van der Waals surface area contributed by atoms with Gasteiger partial charge in [0, 0.05) is 30.2 Å². The SMILES string of the molecule is CC(C)(C)CC(C)(C)NC(=O)C1CCN(c2ccccc2)CC1. The van der Waals surface area contributed by atoms with Gasteiger partial charge in [0.05, 0.1) is 0 Å². The van der Waals surface area contributed by atoms with E-state index in [9.17, 15) is 4.79 Å². The molecule has 1 N–H and O–H groups in total. The van der Waals surface area contributed by atoms with Crippen molar-refractivity contribution in [2.45, 2.75) is 59.4 Å². The van der Waals surface area contributed by atoms with E-state index in [4.69, 9.17) is 0 Å². The van der Waals surface area contributed by atoms with Crippen LogP contribution < -0.4 is 10.2 Å². The molecule has 0 aromatic heterocycles. The molecule has 0 bridgehead atoms. The van der Waals surface area contributed by atoms with E-state index in [1.807, 2.05) is 6.07 Å². The molecule has 1 fully saturated rings. The number of piperidine rings is 1. The van der Waals surface area contributed by atoms with Crippen molar-refractivity contribution < 1.29 is 4.79 Å². The maximum absolute atomic E-state index is 12.6. The first-order valence-electron chi connectivity index (χ1n) is 8.78. The molecule has 0 radical (unpaired) electrons. The molecule has 1 saturated heterocycles. The highest BCUT2D eigenvalue weighted by atomic mass is 16.2. The van der Waals surface area contributed by atoms with Gasteiger partial charge in [-0.3, -0.25) is 4.79 Å². The molecule has 3 heteroatoms. The number of benzene rings is 1. The molecule has 1 aromatic carbocycles. The number of para-hydroxylation sites is 1. The number of hydrogen-bond acceptors (Lipinski definition) is 2. The monoisotopic (exact) mass is 316 g/mol. The van der Waals surface area contributed by atoms with E-state index in [-0.39, 0.29) is 22.8 Å². The topological polar surface area (TPSA) is 32.3 Å². The summed E-state index contributed by atoms with van der Waals surface area (Å²) >= 11 is 0. The van der Waals surface area contributed by atoms with Gasteiger partial charge < -0.3 is 10.2 Å². The van der Waals surface area contributed by atoms with Gasteiger partial charge in [0.15, 0.2) is 0 Å². The minimum absolute atomic E-state index is 0.147. The van der Waals surface area contributed by atoms with Crippen molar-refractivity contribution in [1.82, 2.24) is 5.32 Å². The summed E-state index contributed by atoms with van der Waals surface area (Å²) in [6, 6.07) is 10.5. The summed E-state index contributed by atoms with van der Waals surface area (Å²) in [5, 5.41) is 3.28. The van der Waals surface area contributed by atoms with Gasteiger partial charge in [-0.25, -0.2) is 0 Å². The van der Waals surface area contributed by atoms with Gasteiger partial charge in [0.25, 0.3) is 0 Å². The lowest BCUT2D eigenvalue weighted by molar-refractivity contribution is -0.127. The molecule has 1 aliphatic heterocycles. The second-order valence-corrected chi connectivity index (χ2v) is 8.71. The molecule has 1 aromatic rings. The van der Waals surface area contributed by atoms with Crippen LogP contribution in [0.3, 0.4) is 0 Å². The van der Waals surface area contributed by atoms with Gasteiger partial charge in [0.1, 0.15) is 0 Å². The number of nitrogens with one attached hydrogen (secondary N) is 1. The molecular weight excluding hydrogens is 284 g/mol. The highest BCUT2D eigenvalue weighted by Gasteiger charge is 2.31. The van der Waals surface area contributed by atoms with E-state index in [1.165, 1.54) is 5.69 Å². The Morgan fingerprint density at radius 3 is 2.17 bits per heavy atom. The zero-order chi connectivity index (χ0) is 17.1. The lowest BCUT2D eigenvalue weighted by atomic mass is 9.81. The molecule has 0 spiro atoms. The fraction of sp³-hybridized carbons (Fsp3) is 0.650. The normalized spacial score (nSPS) is 17.2. The summed E-state index contributed by atoms with van der Waals surface area (Å²) in [4.78, 5) is 15.0. The van der Waals surface area contributed by atoms with Crippen LogP contribution in [-0.2, 0) is 4.79 Å². The molecule has 1 heterocycles. The summed E-state index contributed by atoms with van der Waals surface area (Å²) < 4.78 is 0. The molecule has 2 rings (SSSR count). The average Bonchev–Trinajstić information content (AvgIpc) is 2.45. The molecule has 0 atom stereocenters. The van der Waals surface area contributed by atoms with Gasteiger partial charge in [0.2, 0.25) is 5.91 Å². The van der Waals surface area contributed by atoms with E-state index < -0.39 is 0 Å². The molecule has 0 aliphatic carbocycles. The van der Waals surface area contributed by atoms with Crippen LogP contribution in [0.4, 0.5) is 5.69 Å². The number of carbonyl (C=O) groups excluding carboxylic acids is 1. The number of carbonyl (C=O) groups is 1. The van der Waals surface area contributed by atoms with Crippen LogP contribution in [0.5, 0.6) is 0 Å². The molecule has 0 saturated carbocycles. The second-order valence-electron chi connectivity index (χ2n) is 8.71. The van der Waals surface area contributed by atoms with Gasteiger partial charge in [-0.1, -0.05) is 39.0 Å². The fourth-order valence-corrected chi connectivity index (χ4v) is 3.84. The summed E-state index contributed by atoms with van der Waals surface area (Å²) in [5.41, 5.74) is 1.33. The first-order chi connectivity index (χ1) is 10.7. The average molecular weight is 316 g/mol. The highest BCUT2D eigenvalue weighted by molar-refractivity contribution is 5.79. The molecule has 3 nitrogen and oxygen atoms in total. The maximum atomic E-state index is 12.6. The second kappa shape index (κ2) is 6.94. The van der Waals surface area contributed by atoms with Crippen LogP contribution >= 0.6 is 0 Å². The number of amides is 1. The van der Waals surface area contributed by atoms with Crippen LogP contribution in [-0.4, -0.2) is 24.5 Å². The zero-order valence-corrected chi connectivity index (χ0v) is 15.4. The smallest absolute Gasteiger partial charge is 0.223 e. The first-order valence-corrected chi connectivity index (χ1v) is 8.78. The van der Waals surface area contributed by atoms with Crippen molar-refractivity contribution in [2.24, 2.45) is 11.3 Å². The van der Waals surface area contributed by atoms with Gasteiger partial charge in [-0.05, 0) is 50.7 Å². The Kier molecular flexibility index (Phi) is 5.38. The standard InChI is InChI=1S/C20H32N2O/c1-19(2,3)15-20(4,5)21-18(23)16-11-13-22(14-12-16)17-9-7-6-8-10-17/h6-10,16H,11-15H2,1-5H3,(H,21,23). The third kappa shape index (κ3) is 5.56. The third-order valence-electron chi connectivity index (χ3n) is 4.42. The zero-order valence-electron chi connectivity index (χ0n) is 15.4.